The zero-order valence-corrected chi connectivity index (χ0v) is 15.3. The number of amides is 1. The largest absolute Gasteiger partial charge is 0.379 e. The van der Waals surface area contributed by atoms with E-state index in [0.717, 1.165) is 6.54 Å². The number of carbonyl (C=O) groups excluding carboxylic acids is 1. The summed E-state index contributed by atoms with van der Waals surface area (Å²) in [6, 6.07) is 6.14. The summed E-state index contributed by atoms with van der Waals surface area (Å²) in [7, 11) is -3.59. The Kier molecular flexibility index (Phi) is 8.65. The van der Waals surface area contributed by atoms with E-state index >= 15 is 0 Å². The van der Waals surface area contributed by atoms with E-state index in [0.29, 0.717) is 45.0 Å². The third kappa shape index (κ3) is 5.42. The van der Waals surface area contributed by atoms with Gasteiger partial charge in [-0.1, -0.05) is 13.0 Å². The summed E-state index contributed by atoms with van der Waals surface area (Å²) >= 11 is 0. The number of likely N-dealkylation sites (N-methyl/N-ethyl adjacent to an activating group) is 1. The topological polar surface area (TPSA) is 87.7 Å². The van der Waals surface area contributed by atoms with Crippen molar-refractivity contribution in [2.75, 3.05) is 45.9 Å². The van der Waals surface area contributed by atoms with Crippen molar-refractivity contribution >= 4 is 28.3 Å². The fourth-order valence-corrected chi connectivity index (χ4v) is 3.73. The Labute approximate surface area is 149 Å². The van der Waals surface area contributed by atoms with Crippen molar-refractivity contribution in [1.29, 1.82) is 0 Å². The van der Waals surface area contributed by atoms with E-state index in [9.17, 15) is 13.2 Å². The van der Waals surface area contributed by atoms with Gasteiger partial charge in [0.05, 0.1) is 18.1 Å². The molecule has 136 valence electrons. The lowest BCUT2D eigenvalue weighted by Gasteiger charge is -2.26. The van der Waals surface area contributed by atoms with Gasteiger partial charge in [-0.3, -0.25) is 4.79 Å². The number of halogens is 1. The van der Waals surface area contributed by atoms with Crippen molar-refractivity contribution in [2.45, 2.75) is 11.8 Å². The number of ether oxygens (including phenoxy) is 1. The minimum Gasteiger partial charge on any atom is -0.379 e. The van der Waals surface area contributed by atoms with Crippen LogP contribution in [0.1, 0.15) is 17.3 Å². The van der Waals surface area contributed by atoms with Gasteiger partial charge in [0.1, 0.15) is 0 Å². The number of sulfonamides is 1. The fourth-order valence-electron chi connectivity index (χ4n) is 2.28. The highest BCUT2D eigenvalue weighted by Gasteiger charge is 2.26. The summed E-state index contributed by atoms with van der Waals surface area (Å²) in [5.41, 5.74) is 0.343. The van der Waals surface area contributed by atoms with Crippen LogP contribution in [0.25, 0.3) is 0 Å². The third-order valence-corrected chi connectivity index (χ3v) is 5.44. The van der Waals surface area contributed by atoms with Crippen LogP contribution in [0.4, 0.5) is 0 Å². The van der Waals surface area contributed by atoms with E-state index in [1.54, 1.807) is 12.1 Å². The second-order valence-electron chi connectivity index (χ2n) is 5.15. The Balaban J connectivity index is 0.00000288. The number of benzene rings is 1. The van der Waals surface area contributed by atoms with Gasteiger partial charge < -0.3 is 15.4 Å². The van der Waals surface area contributed by atoms with Crippen LogP contribution in [0.5, 0.6) is 0 Å². The molecular formula is C15H24ClN3O4S. The molecule has 1 aliphatic rings. The van der Waals surface area contributed by atoms with E-state index in [1.807, 2.05) is 6.92 Å². The molecule has 1 saturated heterocycles. The molecule has 0 atom stereocenters. The molecule has 0 bridgehead atoms. The first-order valence-electron chi connectivity index (χ1n) is 7.72. The van der Waals surface area contributed by atoms with E-state index in [4.69, 9.17) is 4.74 Å². The van der Waals surface area contributed by atoms with E-state index in [2.05, 4.69) is 10.6 Å². The molecule has 1 aromatic rings. The number of morpholine rings is 1. The number of hydrogen-bond acceptors (Lipinski definition) is 5. The molecule has 0 radical (unpaired) electrons. The lowest BCUT2D eigenvalue weighted by molar-refractivity contribution is 0.0730. The number of hydrogen-bond donors (Lipinski definition) is 2. The Hall–Kier alpha value is -1.19. The molecule has 7 nitrogen and oxygen atoms in total. The van der Waals surface area contributed by atoms with Crippen molar-refractivity contribution in [3.05, 3.63) is 29.8 Å². The molecule has 0 aliphatic carbocycles. The average Bonchev–Trinajstić information content (AvgIpc) is 2.59. The molecule has 0 unspecified atom stereocenters. The summed E-state index contributed by atoms with van der Waals surface area (Å²) in [5.74, 6) is -0.276. The van der Waals surface area contributed by atoms with Crippen LogP contribution in [0.3, 0.4) is 0 Å². The first-order chi connectivity index (χ1) is 11.1. The van der Waals surface area contributed by atoms with Gasteiger partial charge in [0, 0.05) is 31.7 Å². The highest BCUT2D eigenvalue weighted by Crippen LogP contribution is 2.18. The van der Waals surface area contributed by atoms with Crippen LogP contribution < -0.4 is 10.6 Å². The molecule has 9 heteroatoms. The molecular weight excluding hydrogens is 354 g/mol. The maximum Gasteiger partial charge on any atom is 0.251 e. The van der Waals surface area contributed by atoms with Gasteiger partial charge in [0.2, 0.25) is 10.0 Å². The highest BCUT2D eigenvalue weighted by atomic mass is 35.5. The zero-order chi connectivity index (χ0) is 16.7. The van der Waals surface area contributed by atoms with Crippen LogP contribution in [0.2, 0.25) is 0 Å². The number of rotatable bonds is 7. The van der Waals surface area contributed by atoms with E-state index in [-0.39, 0.29) is 23.2 Å². The Bertz CT molecular complexity index is 633. The molecule has 2 rings (SSSR count). The highest BCUT2D eigenvalue weighted by molar-refractivity contribution is 7.89. The Morgan fingerprint density at radius 3 is 2.62 bits per heavy atom. The molecule has 1 amide bonds. The number of nitrogens with one attached hydrogen (secondary N) is 2. The predicted octanol–water partition coefficient (Wildman–Crippen LogP) is 0.469. The quantitative estimate of drug-likeness (QED) is 0.674. The molecule has 1 heterocycles. The van der Waals surface area contributed by atoms with Gasteiger partial charge in [-0.2, -0.15) is 4.31 Å². The Morgan fingerprint density at radius 2 is 1.96 bits per heavy atom. The van der Waals surface area contributed by atoms with Crippen LogP contribution >= 0.6 is 12.4 Å². The van der Waals surface area contributed by atoms with Gasteiger partial charge >= 0.3 is 0 Å². The molecule has 0 spiro atoms. The monoisotopic (exact) mass is 377 g/mol. The smallest absolute Gasteiger partial charge is 0.251 e. The first kappa shape index (κ1) is 20.9. The van der Waals surface area contributed by atoms with Crippen LogP contribution in [0.15, 0.2) is 29.2 Å². The fraction of sp³-hybridized carbons (Fsp3) is 0.533. The zero-order valence-electron chi connectivity index (χ0n) is 13.7. The standard InChI is InChI=1S/C15H23N3O4S.ClH/c1-2-16-6-7-17-15(19)13-4-3-5-14(12-13)23(20,21)18-8-10-22-11-9-18;/h3-5,12,16H,2,6-11H2,1H3,(H,17,19);1H. The van der Waals surface area contributed by atoms with E-state index < -0.39 is 10.0 Å². The molecule has 1 aliphatic heterocycles. The van der Waals surface area contributed by atoms with Crippen molar-refractivity contribution < 1.29 is 17.9 Å². The van der Waals surface area contributed by atoms with E-state index in [1.165, 1.54) is 16.4 Å². The van der Waals surface area contributed by atoms with Crippen LogP contribution in [0, 0.1) is 0 Å². The number of carbonyl (C=O) groups is 1. The van der Waals surface area contributed by atoms with Gasteiger partial charge in [0.15, 0.2) is 0 Å². The van der Waals surface area contributed by atoms with Crippen molar-refractivity contribution in [3.8, 4) is 0 Å². The summed E-state index contributed by atoms with van der Waals surface area (Å²) in [5, 5.41) is 5.87. The van der Waals surface area contributed by atoms with Gasteiger partial charge in [0.25, 0.3) is 5.91 Å². The third-order valence-electron chi connectivity index (χ3n) is 3.54. The summed E-state index contributed by atoms with van der Waals surface area (Å²) in [6.45, 7) is 5.45. The molecule has 1 fully saturated rings. The molecule has 0 aromatic heterocycles. The molecule has 2 N–H and O–H groups in total. The van der Waals surface area contributed by atoms with Crippen molar-refractivity contribution in [2.24, 2.45) is 0 Å². The molecule has 1 aromatic carbocycles. The predicted molar refractivity (Wildman–Crippen MR) is 94.1 cm³/mol. The second kappa shape index (κ2) is 9.95. The van der Waals surface area contributed by atoms with Crippen molar-refractivity contribution in [1.82, 2.24) is 14.9 Å². The second-order valence-corrected chi connectivity index (χ2v) is 7.09. The maximum atomic E-state index is 12.6. The van der Waals surface area contributed by atoms with Gasteiger partial charge in [-0.15, -0.1) is 12.4 Å². The van der Waals surface area contributed by atoms with Crippen molar-refractivity contribution in [3.63, 3.8) is 0 Å². The summed E-state index contributed by atoms with van der Waals surface area (Å²) < 4.78 is 31.7. The Morgan fingerprint density at radius 1 is 1.25 bits per heavy atom. The SMILES string of the molecule is CCNCCNC(=O)c1cccc(S(=O)(=O)N2CCOCC2)c1.Cl. The van der Waals surface area contributed by atoms with Crippen LogP contribution in [-0.4, -0.2) is 64.6 Å². The first-order valence-corrected chi connectivity index (χ1v) is 9.16. The minimum atomic E-state index is -3.59. The lowest BCUT2D eigenvalue weighted by atomic mass is 10.2. The lowest BCUT2D eigenvalue weighted by Crippen LogP contribution is -2.40. The maximum absolute atomic E-state index is 12.6. The summed E-state index contributed by atoms with van der Waals surface area (Å²) in [4.78, 5) is 12.2. The number of nitrogens with zero attached hydrogens (tertiary/aromatic N) is 1. The van der Waals surface area contributed by atoms with Crippen LogP contribution in [-0.2, 0) is 14.8 Å². The summed E-state index contributed by atoms with van der Waals surface area (Å²) in [6.07, 6.45) is 0. The molecule has 0 saturated carbocycles. The van der Waals surface area contributed by atoms with Gasteiger partial charge in [-0.25, -0.2) is 8.42 Å². The molecule has 24 heavy (non-hydrogen) atoms. The normalized spacial score (nSPS) is 15.5. The average molecular weight is 378 g/mol. The minimum absolute atomic E-state index is 0. The van der Waals surface area contributed by atoms with Gasteiger partial charge in [-0.05, 0) is 24.7 Å².